The normalized spacial score (nSPS) is 11.0. The molecule has 0 saturated carbocycles. The van der Waals surface area contributed by atoms with Gasteiger partial charge in [-0.3, -0.25) is 5.10 Å². The van der Waals surface area contributed by atoms with Crippen molar-refractivity contribution in [2.45, 2.75) is 20.0 Å². The minimum absolute atomic E-state index is 0.687. The minimum Gasteiger partial charge on any atom is -0.361 e. The number of aromatic amines is 1. The van der Waals surface area contributed by atoms with Crippen LogP contribution in [0, 0.1) is 6.92 Å². The molecule has 3 rings (SSSR count). The van der Waals surface area contributed by atoms with Crippen molar-refractivity contribution in [3.8, 4) is 10.6 Å². The SMILES string of the molecule is Cc1cc(CNCc2cn[nH]c2-c2cccs2)no1. The molecule has 0 bridgehead atoms. The maximum Gasteiger partial charge on any atom is 0.133 e. The molecular formula is C13H14N4OS. The molecule has 0 amide bonds. The van der Waals surface area contributed by atoms with Crippen LogP contribution in [0.3, 0.4) is 0 Å². The predicted octanol–water partition coefficient (Wildman–Crippen LogP) is 2.72. The number of H-pyrrole nitrogens is 1. The van der Waals surface area contributed by atoms with Gasteiger partial charge in [0, 0.05) is 24.7 Å². The Bertz CT molecular complexity index is 641. The van der Waals surface area contributed by atoms with Crippen LogP contribution in [0.5, 0.6) is 0 Å². The van der Waals surface area contributed by atoms with Gasteiger partial charge in [0.2, 0.25) is 0 Å². The van der Waals surface area contributed by atoms with Gasteiger partial charge in [0.05, 0.1) is 22.5 Å². The van der Waals surface area contributed by atoms with Gasteiger partial charge in [-0.25, -0.2) is 0 Å². The van der Waals surface area contributed by atoms with Crippen molar-refractivity contribution in [2.24, 2.45) is 0 Å². The Morgan fingerprint density at radius 2 is 2.37 bits per heavy atom. The summed E-state index contributed by atoms with van der Waals surface area (Å²) in [6, 6.07) is 6.06. The van der Waals surface area contributed by atoms with Crippen LogP contribution in [0.4, 0.5) is 0 Å². The second-order valence-electron chi connectivity index (χ2n) is 4.28. The zero-order chi connectivity index (χ0) is 13.1. The number of aromatic nitrogens is 3. The Kier molecular flexibility index (Phi) is 3.43. The summed E-state index contributed by atoms with van der Waals surface area (Å²) in [7, 11) is 0. The summed E-state index contributed by atoms with van der Waals surface area (Å²) >= 11 is 1.70. The van der Waals surface area contributed by atoms with E-state index in [1.54, 1.807) is 11.3 Å². The summed E-state index contributed by atoms with van der Waals surface area (Å²) in [6.45, 7) is 3.32. The maximum atomic E-state index is 5.03. The number of thiophene rings is 1. The van der Waals surface area contributed by atoms with E-state index in [-0.39, 0.29) is 0 Å². The first kappa shape index (κ1) is 12.1. The average Bonchev–Trinajstić information content (AvgIpc) is 3.09. The number of hydrogen-bond donors (Lipinski definition) is 2. The molecule has 0 aromatic carbocycles. The molecule has 0 spiro atoms. The highest BCUT2D eigenvalue weighted by Gasteiger charge is 2.08. The van der Waals surface area contributed by atoms with Crippen LogP contribution in [0.1, 0.15) is 17.0 Å². The zero-order valence-electron chi connectivity index (χ0n) is 10.5. The van der Waals surface area contributed by atoms with Gasteiger partial charge < -0.3 is 9.84 Å². The van der Waals surface area contributed by atoms with Gasteiger partial charge in [-0.15, -0.1) is 11.3 Å². The zero-order valence-corrected chi connectivity index (χ0v) is 11.3. The van der Waals surface area contributed by atoms with Crippen molar-refractivity contribution in [2.75, 3.05) is 0 Å². The van der Waals surface area contributed by atoms with Crippen LogP contribution in [0.25, 0.3) is 10.6 Å². The van der Waals surface area contributed by atoms with E-state index in [0.29, 0.717) is 6.54 Å². The Hall–Kier alpha value is -1.92. The lowest BCUT2D eigenvalue weighted by Gasteiger charge is -2.02. The van der Waals surface area contributed by atoms with E-state index >= 15 is 0 Å². The summed E-state index contributed by atoms with van der Waals surface area (Å²) in [5.41, 5.74) is 3.15. The Balaban J connectivity index is 1.63. The standard InChI is InChI=1S/C13H14N4OS/c1-9-5-11(17-18-9)8-14-6-10-7-15-16-13(10)12-3-2-4-19-12/h2-5,7,14H,6,8H2,1H3,(H,15,16). The molecule has 19 heavy (non-hydrogen) atoms. The number of hydrogen-bond acceptors (Lipinski definition) is 5. The number of rotatable bonds is 5. The van der Waals surface area contributed by atoms with Crippen LogP contribution in [-0.4, -0.2) is 15.4 Å². The third-order valence-corrected chi connectivity index (χ3v) is 3.67. The van der Waals surface area contributed by atoms with Crippen molar-refractivity contribution >= 4 is 11.3 Å². The van der Waals surface area contributed by atoms with E-state index in [0.717, 1.165) is 29.3 Å². The van der Waals surface area contributed by atoms with Crippen molar-refractivity contribution in [1.29, 1.82) is 0 Å². The molecule has 5 nitrogen and oxygen atoms in total. The van der Waals surface area contributed by atoms with Gasteiger partial charge >= 0.3 is 0 Å². The van der Waals surface area contributed by atoms with Gasteiger partial charge in [-0.05, 0) is 18.4 Å². The third-order valence-electron chi connectivity index (χ3n) is 2.78. The van der Waals surface area contributed by atoms with Gasteiger partial charge in [0.25, 0.3) is 0 Å². The highest BCUT2D eigenvalue weighted by molar-refractivity contribution is 7.13. The Morgan fingerprint density at radius 3 is 3.11 bits per heavy atom. The van der Waals surface area contributed by atoms with Crippen molar-refractivity contribution in [3.63, 3.8) is 0 Å². The molecule has 0 radical (unpaired) electrons. The van der Waals surface area contributed by atoms with Crippen molar-refractivity contribution in [3.05, 3.63) is 46.8 Å². The summed E-state index contributed by atoms with van der Waals surface area (Å²) in [4.78, 5) is 1.20. The molecule has 0 atom stereocenters. The summed E-state index contributed by atoms with van der Waals surface area (Å²) in [6.07, 6.45) is 1.86. The Morgan fingerprint density at radius 1 is 1.42 bits per heavy atom. The van der Waals surface area contributed by atoms with E-state index < -0.39 is 0 Å². The highest BCUT2D eigenvalue weighted by Crippen LogP contribution is 2.25. The molecule has 0 saturated heterocycles. The molecule has 0 aliphatic heterocycles. The van der Waals surface area contributed by atoms with E-state index in [1.807, 2.05) is 25.3 Å². The minimum atomic E-state index is 0.687. The lowest BCUT2D eigenvalue weighted by molar-refractivity contribution is 0.388. The lowest BCUT2D eigenvalue weighted by atomic mass is 10.2. The molecule has 0 fully saturated rings. The highest BCUT2D eigenvalue weighted by atomic mass is 32.1. The summed E-state index contributed by atoms with van der Waals surface area (Å²) < 4.78 is 5.03. The molecule has 3 aromatic rings. The number of nitrogens with zero attached hydrogens (tertiary/aromatic N) is 2. The van der Waals surface area contributed by atoms with Gasteiger partial charge in [-0.2, -0.15) is 5.10 Å². The van der Waals surface area contributed by atoms with Crippen LogP contribution >= 0.6 is 11.3 Å². The van der Waals surface area contributed by atoms with Crippen LogP contribution in [-0.2, 0) is 13.1 Å². The second-order valence-corrected chi connectivity index (χ2v) is 5.23. The number of nitrogens with one attached hydrogen (secondary N) is 2. The fourth-order valence-corrected chi connectivity index (χ4v) is 2.66. The first-order chi connectivity index (χ1) is 9.33. The van der Waals surface area contributed by atoms with Gasteiger partial charge in [0.1, 0.15) is 5.76 Å². The van der Waals surface area contributed by atoms with Gasteiger partial charge in [-0.1, -0.05) is 11.2 Å². The maximum absolute atomic E-state index is 5.03. The molecule has 3 heterocycles. The molecule has 6 heteroatoms. The number of aryl methyl sites for hydroxylation is 1. The largest absolute Gasteiger partial charge is 0.361 e. The fraction of sp³-hybridized carbons (Fsp3) is 0.231. The monoisotopic (exact) mass is 274 g/mol. The lowest BCUT2D eigenvalue weighted by Crippen LogP contribution is -2.12. The van der Waals surface area contributed by atoms with E-state index in [1.165, 1.54) is 4.88 Å². The topological polar surface area (TPSA) is 66.7 Å². The molecule has 2 N–H and O–H groups in total. The van der Waals surface area contributed by atoms with Crippen LogP contribution < -0.4 is 5.32 Å². The first-order valence-corrected chi connectivity index (χ1v) is 6.90. The van der Waals surface area contributed by atoms with Crippen LogP contribution in [0.2, 0.25) is 0 Å². The molecule has 0 aliphatic rings. The van der Waals surface area contributed by atoms with E-state index in [4.69, 9.17) is 4.52 Å². The fourth-order valence-electron chi connectivity index (χ4n) is 1.91. The first-order valence-electron chi connectivity index (χ1n) is 6.02. The van der Waals surface area contributed by atoms with Crippen molar-refractivity contribution in [1.82, 2.24) is 20.7 Å². The summed E-state index contributed by atoms with van der Waals surface area (Å²) in [5, 5.41) is 16.5. The predicted molar refractivity (Wildman–Crippen MR) is 73.7 cm³/mol. The van der Waals surface area contributed by atoms with E-state index in [2.05, 4.69) is 32.1 Å². The third kappa shape index (κ3) is 2.74. The Labute approximate surface area is 114 Å². The molecule has 3 aromatic heterocycles. The molecule has 0 aliphatic carbocycles. The summed E-state index contributed by atoms with van der Waals surface area (Å²) in [5.74, 6) is 0.833. The molecule has 98 valence electrons. The smallest absolute Gasteiger partial charge is 0.133 e. The van der Waals surface area contributed by atoms with Crippen LogP contribution in [0.15, 0.2) is 34.3 Å². The van der Waals surface area contributed by atoms with E-state index in [9.17, 15) is 0 Å². The average molecular weight is 274 g/mol. The molecular weight excluding hydrogens is 260 g/mol. The van der Waals surface area contributed by atoms with Gasteiger partial charge in [0.15, 0.2) is 0 Å². The second kappa shape index (κ2) is 5.38. The molecule has 0 unspecified atom stereocenters. The van der Waals surface area contributed by atoms with Crippen molar-refractivity contribution < 1.29 is 4.52 Å². The quantitative estimate of drug-likeness (QED) is 0.750.